The largest absolute Gasteiger partial charge is 0.348 e. The van der Waals surface area contributed by atoms with Gasteiger partial charge >= 0.3 is 0 Å². The van der Waals surface area contributed by atoms with Gasteiger partial charge in [-0.1, -0.05) is 6.07 Å². The Kier molecular flexibility index (Phi) is 4.38. The minimum absolute atomic E-state index is 0.116. The average Bonchev–Trinajstić information content (AvgIpc) is 3.10. The number of fused-ring (bicyclic) bond motifs is 1. The van der Waals surface area contributed by atoms with Gasteiger partial charge in [-0.05, 0) is 50.2 Å². The molecule has 0 radical (unpaired) electrons. The van der Waals surface area contributed by atoms with Crippen LogP contribution >= 0.6 is 11.3 Å². The Labute approximate surface area is 124 Å². The lowest BCUT2D eigenvalue weighted by Crippen LogP contribution is -2.49. The Bertz CT molecular complexity index is 448. The first-order chi connectivity index (χ1) is 9.74. The first kappa shape index (κ1) is 14.0. The molecule has 3 heterocycles. The number of rotatable bonds is 4. The maximum absolute atomic E-state index is 12.2. The van der Waals surface area contributed by atoms with Crippen molar-refractivity contribution in [2.75, 3.05) is 26.2 Å². The van der Waals surface area contributed by atoms with E-state index in [1.807, 2.05) is 6.07 Å². The molecule has 2 N–H and O–H groups in total. The highest BCUT2D eigenvalue weighted by Gasteiger charge is 2.35. The summed E-state index contributed by atoms with van der Waals surface area (Å²) in [6.07, 6.45) is 2.53. The van der Waals surface area contributed by atoms with E-state index in [-0.39, 0.29) is 11.9 Å². The lowest BCUT2D eigenvalue weighted by molar-refractivity contribution is -0.123. The van der Waals surface area contributed by atoms with E-state index in [0.29, 0.717) is 12.6 Å². The lowest BCUT2D eigenvalue weighted by atomic mass is 9.92. The van der Waals surface area contributed by atoms with E-state index in [4.69, 9.17) is 0 Å². The first-order valence-corrected chi connectivity index (χ1v) is 8.39. The van der Waals surface area contributed by atoms with Gasteiger partial charge in [0, 0.05) is 17.5 Å². The number of hydrogen-bond acceptors (Lipinski definition) is 4. The number of amides is 1. The Morgan fingerprint density at radius 1 is 1.60 bits per heavy atom. The van der Waals surface area contributed by atoms with Crippen molar-refractivity contribution in [1.82, 2.24) is 15.5 Å². The minimum Gasteiger partial charge on any atom is -0.348 e. The van der Waals surface area contributed by atoms with Crippen LogP contribution in [0.2, 0.25) is 0 Å². The van der Waals surface area contributed by atoms with Crippen LogP contribution in [0.25, 0.3) is 0 Å². The zero-order chi connectivity index (χ0) is 13.9. The normalized spacial score (nSPS) is 28.1. The second kappa shape index (κ2) is 6.24. The van der Waals surface area contributed by atoms with Crippen molar-refractivity contribution < 1.29 is 4.79 Å². The topological polar surface area (TPSA) is 44.4 Å². The van der Waals surface area contributed by atoms with E-state index in [0.717, 1.165) is 25.6 Å². The van der Waals surface area contributed by atoms with Gasteiger partial charge in [-0.25, -0.2) is 0 Å². The van der Waals surface area contributed by atoms with E-state index in [1.54, 1.807) is 11.3 Å². The molecule has 20 heavy (non-hydrogen) atoms. The fraction of sp³-hybridized carbons (Fsp3) is 0.667. The highest BCUT2D eigenvalue weighted by atomic mass is 32.1. The third-order valence-corrected chi connectivity index (χ3v) is 5.54. The molecule has 3 unspecified atom stereocenters. The molecule has 0 bridgehead atoms. The van der Waals surface area contributed by atoms with Crippen LogP contribution in [-0.4, -0.2) is 43.0 Å². The zero-order valence-corrected chi connectivity index (χ0v) is 12.8. The van der Waals surface area contributed by atoms with Crippen molar-refractivity contribution in [1.29, 1.82) is 0 Å². The number of carbonyl (C=O) groups is 1. The van der Waals surface area contributed by atoms with Crippen molar-refractivity contribution in [3.05, 3.63) is 22.4 Å². The van der Waals surface area contributed by atoms with E-state index in [9.17, 15) is 4.79 Å². The summed E-state index contributed by atoms with van der Waals surface area (Å²) in [5.41, 5.74) is 0. The number of nitrogens with one attached hydrogen (secondary N) is 2. The van der Waals surface area contributed by atoms with Crippen LogP contribution < -0.4 is 10.6 Å². The van der Waals surface area contributed by atoms with E-state index in [2.05, 4.69) is 33.9 Å². The van der Waals surface area contributed by atoms with Gasteiger partial charge < -0.3 is 10.6 Å². The second-order valence-corrected chi connectivity index (χ2v) is 6.88. The van der Waals surface area contributed by atoms with Crippen molar-refractivity contribution in [3.8, 4) is 0 Å². The quantitative estimate of drug-likeness (QED) is 0.886. The molecular formula is C15H23N3OS. The van der Waals surface area contributed by atoms with Crippen LogP contribution in [-0.2, 0) is 4.79 Å². The predicted octanol–water partition coefficient (Wildman–Crippen LogP) is 1.61. The van der Waals surface area contributed by atoms with E-state index < -0.39 is 0 Å². The van der Waals surface area contributed by atoms with Crippen LogP contribution in [0.1, 0.15) is 30.7 Å². The molecule has 2 fully saturated rings. The molecule has 0 aromatic carbocycles. The SMILES string of the molecule is CC(NC(=O)CN1CCCC2CNCC21)c1cccs1. The van der Waals surface area contributed by atoms with Gasteiger partial charge in [0.05, 0.1) is 12.6 Å². The maximum atomic E-state index is 12.2. The molecule has 110 valence electrons. The molecule has 0 saturated carbocycles. The monoisotopic (exact) mass is 293 g/mol. The molecule has 1 aromatic rings. The summed E-state index contributed by atoms with van der Waals surface area (Å²) in [5.74, 6) is 0.893. The lowest BCUT2D eigenvalue weighted by Gasteiger charge is -2.36. The summed E-state index contributed by atoms with van der Waals surface area (Å²) in [6.45, 7) is 5.81. The first-order valence-electron chi connectivity index (χ1n) is 7.51. The maximum Gasteiger partial charge on any atom is 0.234 e. The molecule has 2 saturated heterocycles. The Morgan fingerprint density at radius 3 is 3.30 bits per heavy atom. The Morgan fingerprint density at radius 2 is 2.50 bits per heavy atom. The van der Waals surface area contributed by atoms with Crippen LogP contribution in [0.5, 0.6) is 0 Å². The third-order valence-electron chi connectivity index (χ3n) is 4.49. The molecule has 0 spiro atoms. The van der Waals surface area contributed by atoms with E-state index >= 15 is 0 Å². The smallest absolute Gasteiger partial charge is 0.234 e. The van der Waals surface area contributed by atoms with Gasteiger partial charge in [0.1, 0.15) is 0 Å². The van der Waals surface area contributed by atoms with Gasteiger partial charge in [-0.3, -0.25) is 9.69 Å². The highest BCUT2D eigenvalue weighted by Crippen LogP contribution is 2.26. The van der Waals surface area contributed by atoms with Crippen molar-refractivity contribution in [2.24, 2.45) is 5.92 Å². The molecule has 5 heteroatoms. The van der Waals surface area contributed by atoms with Gasteiger partial charge in [-0.2, -0.15) is 0 Å². The molecule has 1 amide bonds. The number of hydrogen-bond donors (Lipinski definition) is 2. The predicted molar refractivity (Wildman–Crippen MR) is 81.8 cm³/mol. The molecule has 1 aromatic heterocycles. The van der Waals surface area contributed by atoms with Crippen molar-refractivity contribution >= 4 is 17.2 Å². The summed E-state index contributed by atoms with van der Waals surface area (Å²) in [5, 5.41) is 8.63. The number of carbonyl (C=O) groups excluding carboxylic acids is 1. The number of nitrogens with zero attached hydrogens (tertiary/aromatic N) is 1. The summed E-state index contributed by atoms with van der Waals surface area (Å²) < 4.78 is 0. The van der Waals surface area contributed by atoms with E-state index in [1.165, 1.54) is 17.7 Å². The van der Waals surface area contributed by atoms with Crippen LogP contribution in [0.4, 0.5) is 0 Å². The average molecular weight is 293 g/mol. The second-order valence-electron chi connectivity index (χ2n) is 5.90. The fourth-order valence-corrected chi connectivity index (χ4v) is 4.17. The van der Waals surface area contributed by atoms with Gasteiger partial charge in [-0.15, -0.1) is 11.3 Å². The Balaban J connectivity index is 1.53. The van der Waals surface area contributed by atoms with Gasteiger partial charge in [0.15, 0.2) is 0 Å². The minimum atomic E-state index is 0.116. The van der Waals surface area contributed by atoms with Gasteiger partial charge in [0.25, 0.3) is 0 Å². The van der Waals surface area contributed by atoms with Crippen LogP contribution in [0.15, 0.2) is 17.5 Å². The fourth-order valence-electron chi connectivity index (χ4n) is 3.44. The number of likely N-dealkylation sites (tertiary alicyclic amines) is 1. The van der Waals surface area contributed by atoms with Crippen LogP contribution in [0.3, 0.4) is 0 Å². The molecular weight excluding hydrogens is 270 g/mol. The van der Waals surface area contributed by atoms with Crippen molar-refractivity contribution in [2.45, 2.75) is 31.8 Å². The molecule has 0 aliphatic carbocycles. The summed E-state index contributed by atoms with van der Waals surface area (Å²) in [7, 11) is 0. The highest BCUT2D eigenvalue weighted by molar-refractivity contribution is 7.10. The molecule has 2 aliphatic heterocycles. The molecule has 2 aliphatic rings. The molecule has 3 rings (SSSR count). The van der Waals surface area contributed by atoms with Gasteiger partial charge in [0.2, 0.25) is 5.91 Å². The molecule has 3 atom stereocenters. The standard InChI is InChI=1S/C15H23N3OS/c1-11(14-5-3-7-20-14)17-15(19)10-18-6-2-4-12-8-16-9-13(12)18/h3,5,7,11-13,16H,2,4,6,8-10H2,1H3,(H,17,19). The number of piperidine rings is 1. The number of thiophene rings is 1. The summed E-state index contributed by atoms with van der Waals surface area (Å²) in [6, 6.07) is 4.78. The third kappa shape index (κ3) is 3.05. The zero-order valence-electron chi connectivity index (χ0n) is 12.0. The van der Waals surface area contributed by atoms with Crippen molar-refractivity contribution in [3.63, 3.8) is 0 Å². The Hall–Kier alpha value is -0.910. The molecule has 4 nitrogen and oxygen atoms in total. The van der Waals surface area contributed by atoms with Crippen LogP contribution in [0, 0.1) is 5.92 Å². The summed E-state index contributed by atoms with van der Waals surface area (Å²) in [4.78, 5) is 15.8. The summed E-state index contributed by atoms with van der Waals surface area (Å²) >= 11 is 1.70.